The van der Waals surface area contributed by atoms with Crippen LogP contribution >= 0.6 is 0 Å². The molecular formula is C11H11F3N2O2. The third-order valence-electron chi connectivity index (χ3n) is 2.15. The number of primary amides is 1. The highest BCUT2D eigenvalue weighted by atomic mass is 19.4. The second kappa shape index (κ2) is 5.52. The van der Waals surface area contributed by atoms with E-state index in [1.807, 2.05) is 0 Å². The van der Waals surface area contributed by atoms with Crippen molar-refractivity contribution in [1.29, 1.82) is 0 Å². The van der Waals surface area contributed by atoms with Gasteiger partial charge in [-0.05, 0) is 17.7 Å². The summed E-state index contributed by atoms with van der Waals surface area (Å²) < 4.78 is 37.3. The molecule has 0 radical (unpaired) electrons. The van der Waals surface area contributed by atoms with Gasteiger partial charge in [-0.3, -0.25) is 9.59 Å². The first-order valence-corrected chi connectivity index (χ1v) is 4.96. The molecule has 2 amide bonds. The van der Waals surface area contributed by atoms with Crippen molar-refractivity contribution in [2.24, 2.45) is 5.73 Å². The fourth-order valence-electron chi connectivity index (χ4n) is 1.41. The summed E-state index contributed by atoms with van der Waals surface area (Å²) in [5.74, 6) is -0.728. The number of nitrogens with two attached hydrogens (primary N) is 1. The van der Waals surface area contributed by atoms with Gasteiger partial charge in [-0.25, -0.2) is 0 Å². The van der Waals surface area contributed by atoms with Gasteiger partial charge in [-0.2, -0.15) is 13.2 Å². The average Bonchev–Trinajstić information content (AvgIpc) is 2.26. The molecule has 0 spiro atoms. The topological polar surface area (TPSA) is 63.4 Å². The molecule has 4 nitrogen and oxygen atoms in total. The Morgan fingerprint density at radius 2 is 2.06 bits per heavy atom. The fraction of sp³-hybridized carbons (Fsp3) is 0.273. The zero-order chi connectivity index (χ0) is 13.8. The van der Waals surface area contributed by atoms with E-state index in [0.717, 1.165) is 17.0 Å². The molecule has 0 fully saturated rings. The lowest BCUT2D eigenvalue weighted by Crippen LogP contribution is -2.32. The Bertz CT molecular complexity index is 446. The van der Waals surface area contributed by atoms with Gasteiger partial charge < -0.3 is 10.6 Å². The van der Waals surface area contributed by atoms with Gasteiger partial charge in [0.2, 0.25) is 12.3 Å². The van der Waals surface area contributed by atoms with E-state index < -0.39 is 17.6 Å². The molecule has 7 heteroatoms. The van der Waals surface area contributed by atoms with Gasteiger partial charge in [0.1, 0.15) is 0 Å². The third kappa shape index (κ3) is 4.08. The SMILES string of the molecule is NC(=O)CN(C=O)Cc1cccc(C(F)(F)F)c1. The Balaban J connectivity index is 2.84. The van der Waals surface area contributed by atoms with Crippen molar-refractivity contribution in [2.45, 2.75) is 12.7 Å². The maximum Gasteiger partial charge on any atom is 0.416 e. The molecule has 0 aliphatic carbocycles. The zero-order valence-corrected chi connectivity index (χ0v) is 9.28. The third-order valence-corrected chi connectivity index (χ3v) is 2.15. The van der Waals surface area contributed by atoms with Crippen LogP contribution < -0.4 is 5.73 Å². The second-order valence-corrected chi connectivity index (χ2v) is 3.67. The standard InChI is InChI=1S/C11H11F3N2O2/c12-11(13,14)9-3-1-2-8(4-9)5-16(7-17)6-10(15)18/h1-4,7H,5-6H2,(H2,15,18). The fourth-order valence-corrected chi connectivity index (χ4v) is 1.41. The van der Waals surface area contributed by atoms with Gasteiger partial charge in [-0.1, -0.05) is 12.1 Å². The van der Waals surface area contributed by atoms with Gasteiger partial charge in [0.25, 0.3) is 0 Å². The quantitative estimate of drug-likeness (QED) is 0.807. The number of carbonyl (C=O) groups is 2. The molecule has 0 unspecified atom stereocenters. The summed E-state index contributed by atoms with van der Waals surface area (Å²) in [7, 11) is 0. The highest BCUT2D eigenvalue weighted by molar-refractivity contribution is 5.77. The minimum absolute atomic E-state index is 0.101. The molecule has 18 heavy (non-hydrogen) atoms. The molecule has 0 aliphatic rings. The van der Waals surface area contributed by atoms with Crippen LogP contribution in [0.15, 0.2) is 24.3 Å². The summed E-state index contributed by atoms with van der Waals surface area (Å²) in [5.41, 5.74) is 4.38. The van der Waals surface area contributed by atoms with Crippen molar-refractivity contribution in [1.82, 2.24) is 4.90 Å². The van der Waals surface area contributed by atoms with Gasteiger partial charge in [-0.15, -0.1) is 0 Å². The number of hydrogen-bond acceptors (Lipinski definition) is 2. The van der Waals surface area contributed by atoms with Crippen molar-refractivity contribution in [3.05, 3.63) is 35.4 Å². The summed E-state index contributed by atoms with van der Waals surface area (Å²) in [6.45, 7) is -0.434. The van der Waals surface area contributed by atoms with Gasteiger partial charge >= 0.3 is 6.18 Å². The van der Waals surface area contributed by atoms with Crippen LogP contribution in [-0.2, 0) is 22.3 Å². The number of hydrogen-bond donors (Lipinski definition) is 1. The Morgan fingerprint density at radius 1 is 1.39 bits per heavy atom. The van der Waals surface area contributed by atoms with E-state index in [1.165, 1.54) is 12.1 Å². The predicted molar refractivity (Wildman–Crippen MR) is 57.1 cm³/mol. The minimum Gasteiger partial charge on any atom is -0.368 e. The van der Waals surface area contributed by atoms with Crippen molar-refractivity contribution in [3.8, 4) is 0 Å². The van der Waals surface area contributed by atoms with E-state index in [-0.39, 0.29) is 18.7 Å². The minimum atomic E-state index is -4.44. The summed E-state index contributed by atoms with van der Waals surface area (Å²) in [6, 6.07) is 4.54. The van der Waals surface area contributed by atoms with E-state index in [0.29, 0.717) is 6.41 Å². The Labute approximate surface area is 101 Å². The number of alkyl halides is 3. The molecule has 0 bridgehead atoms. The van der Waals surface area contributed by atoms with E-state index >= 15 is 0 Å². The Hall–Kier alpha value is -2.05. The monoisotopic (exact) mass is 260 g/mol. The highest BCUT2D eigenvalue weighted by Crippen LogP contribution is 2.29. The first-order valence-electron chi connectivity index (χ1n) is 4.96. The van der Waals surface area contributed by atoms with Crippen molar-refractivity contribution >= 4 is 12.3 Å². The Kier molecular flexibility index (Phi) is 4.30. The molecular weight excluding hydrogens is 249 g/mol. The molecule has 1 aromatic rings. The van der Waals surface area contributed by atoms with Gasteiger partial charge in [0.15, 0.2) is 0 Å². The lowest BCUT2D eigenvalue weighted by Gasteiger charge is -2.16. The smallest absolute Gasteiger partial charge is 0.368 e. The molecule has 0 atom stereocenters. The predicted octanol–water partition coefficient (Wildman–Crippen LogP) is 1.15. The maximum absolute atomic E-state index is 12.4. The molecule has 1 aromatic carbocycles. The van der Waals surface area contributed by atoms with Crippen LogP contribution in [0.25, 0.3) is 0 Å². The molecule has 0 aliphatic heterocycles. The molecule has 0 saturated carbocycles. The maximum atomic E-state index is 12.4. The number of amides is 2. The Morgan fingerprint density at radius 3 is 2.56 bits per heavy atom. The summed E-state index contributed by atoms with van der Waals surface area (Å²) >= 11 is 0. The van der Waals surface area contributed by atoms with Crippen LogP contribution in [0.5, 0.6) is 0 Å². The number of nitrogens with zero attached hydrogens (tertiary/aromatic N) is 1. The van der Waals surface area contributed by atoms with Crippen LogP contribution in [0.2, 0.25) is 0 Å². The molecule has 0 saturated heterocycles. The van der Waals surface area contributed by atoms with Crippen LogP contribution in [0.3, 0.4) is 0 Å². The molecule has 2 N–H and O–H groups in total. The highest BCUT2D eigenvalue weighted by Gasteiger charge is 2.30. The van der Waals surface area contributed by atoms with Crippen molar-refractivity contribution in [3.63, 3.8) is 0 Å². The van der Waals surface area contributed by atoms with Gasteiger partial charge in [0.05, 0.1) is 12.1 Å². The average molecular weight is 260 g/mol. The normalized spacial score (nSPS) is 11.1. The van der Waals surface area contributed by atoms with Gasteiger partial charge in [0, 0.05) is 6.54 Å². The van der Waals surface area contributed by atoms with E-state index in [9.17, 15) is 22.8 Å². The largest absolute Gasteiger partial charge is 0.416 e. The lowest BCUT2D eigenvalue weighted by atomic mass is 10.1. The van der Waals surface area contributed by atoms with Crippen molar-refractivity contribution < 1.29 is 22.8 Å². The number of rotatable bonds is 5. The second-order valence-electron chi connectivity index (χ2n) is 3.67. The molecule has 98 valence electrons. The summed E-state index contributed by atoms with van der Waals surface area (Å²) in [4.78, 5) is 22.2. The molecule has 1 rings (SSSR count). The number of benzene rings is 1. The first-order chi connectivity index (χ1) is 8.32. The lowest BCUT2D eigenvalue weighted by molar-refractivity contribution is -0.137. The van der Waals surface area contributed by atoms with Crippen molar-refractivity contribution in [2.75, 3.05) is 6.54 Å². The summed E-state index contributed by atoms with van der Waals surface area (Å²) in [5, 5.41) is 0. The van der Waals surface area contributed by atoms with E-state index in [2.05, 4.69) is 0 Å². The van der Waals surface area contributed by atoms with E-state index in [1.54, 1.807) is 0 Å². The van der Waals surface area contributed by atoms with Crippen LogP contribution in [-0.4, -0.2) is 23.8 Å². The summed E-state index contributed by atoms with van der Waals surface area (Å²) in [6.07, 6.45) is -4.07. The molecule has 0 heterocycles. The van der Waals surface area contributed by atoms with E-state index in [4.69, 9.17) is 5.73 Å². The number of carbonyl (C=O) groups excluding carboxylic acids is 2. The molecule has 0 aromatic heterocycles. The van der Waals surface area contributed by atoms with Crippen LogP contribution in [0.1, 0.15) is 11.1 Å². The van der Waals surface area contributed by atoms with Crippen LogP contribution in [0.4, 0.5) is 13.2 Å². The first kappa shape index (κ1) is 14.0. The zero-order valence-electron chi connectivity index (χ0n) is 9.28. The van der Waals surface area contributed by atoms with Crippen LogP contribution in [0, 0.1) is 0 Å². The number of halogens is 3.